The monoisotopic (exact) mass is 268 g/mol. The highest BCUT2D eigenvalue weighted by atomic mass is 16.2. The number of benzene rings is 2. The van der Waals surface area contributed by atoms with Crippen LogP contribution in [-0.2, 0) is 17.8 Å². The van der Waals surface area contributed by atoms with Crippen LogP contribution in [0.5, 0.6) is 0 Å². The fourth-order valence-electron chi connectivity index (χ4n) is 2.00. The number of nitrogens with two attached hydrogens (primary N) is 1. The van der Waals surface area contributed by atoms with Crippen LogP contribution in [0.4, 0.5) is 5.69 Å². The first-order chi connectivity index (χ1) is 9.54. The van der Waals surface area contributed by atoms with Gasteiger partial charge < -0.3 is 10.6 Å². The largest absolute Gasteiger partial charge is 0.399 e. The fourth-order valence-corrected chi connectivity index (χ4v) is 2.00. The average molecular weight is 268 g/mol. The Morgan fingerprint density at radius 1 is 1.00 bits per heavy atom. The van der Waals surface area contributed by atoms with Crippen LogP contribution in [0.3, 0.4) is 0 Å². The molecule has 0 bridgehead atoms. The zero-order chi connectivity index (χ0) is 14.5. The van der Waals surface area contributed by atoms with Gasteiger partial charge in [-0.15, -0.1) is 0 Å². The summed E-state index contributed by atoms with van der Waals surface area (Å²) in [6.07, 6.45) is 0.405. The van der Waals surface area contributed by atoms with Crippen molar-refractivity contribution in [2.75, 3.05) is 12.8 Å². The quantitative estimate of drug-likeness (QED) is 0.867. The van der Waals surface area contributed by atoms with Crippen LogP contribution in [0, 0.1) is 6.92 Å². The molecule has 104 valence electrons. The third kappa shape index (κ3) is 3.85. The van der Waals surface area contributed by atoms with E-state index in [4.69, 9.17) is 5.73 Å². The molecule has 2 rings (SSSR count). The maximum absolute atomic E-state index is 12.2. The average Bonchev–Trinajstić information content (AvgIpc) is 2.44. The van der Waals surface area contributed by atoms with Crippen LogP contribution in [0.2, 0.25) is 0 Å². The maximum Gasteiger partial charge on any atom is 0.227 e. The molecular formula is C17H20N2O. The van der Waals surface area contributed by atoms with Crippen molar-refractivity contribution < 1.29 is 4.79 Å². The molecule has 0 radical (unpaired) electrons. The Kier molecular flexibility index (Phi) is 4.41. The van der Waals surface area contributed by atoms with Crippen molar-refractivity contribution in [3.05, 3.63) is 65.2 Å². The summed E-state index contributed by atoms with van der Waals surface area (Å²) in [5.41, 5.74) is 9.71. The Balaban J connectivity index is 1.94. The highest BCUT2D eigenvalue weighted by Crippen LogP contribution is 2.10. The summed E-state index contributed by atoms with van der Waals surface area (Å²) in [5, 5.41) is 0. The molecule has 3 heteroatoms. The van der Waals surface area contributed by atoms with Crippen molar-refractivity contribution in [1.29, 1.82) is 0 Å². The topological polar surface area (TPSA) is 46.3 Å². The summed E-state index contributed by atoms with van der Waals surface area (Å²) < 4.78 is 0. The van der Waals surface area contributed by atoms with E-state index < -0.39 is 0 Å². The molecule has 2 N–H and O–H groups in total. The summed E-state index contributed by atoms with van der Waals surface area (Å²) in [7, 11) is 1.83. The lowest BCUT2D eigenvalue weighted by Gasteiger charge is -2.17. The van der Waals surface area contributed by atoms with Crippen LogP contribution < -0.4 is 5.73 Å². The number of nitrogens with zero attached hydrogens (tertiary/aromatic N) is 1. The second-order valence-corrected chi connectivity index (χ2v) is 5.15. The van der Waals surface area contributed by atoms with Gasteiger partial charge in [-0.2, -0.15) is 0 Å². The zero-order valence-electron chi connectivity index (χ0n) is 12.0. The second-order valence-electron chi connectivity index (χ2n) is 5.15. The van der Waals surface area contributed by atoms with Crippen LogP contribution >= 0.6 is 0 Å². The summed E-state index contributed by atoms with van der Waals surface area (Å²) >= 11 is 0. The first kappa shape index (κ1) is 14.1. The Morgan fingerprint density at radius 3 is 2.15 bits per heavy atom. The molecule has 3 nitrogen and oxygen atoms in total. The van der Waals surface area contributed by atoms with Crippen molar-refractivity contribution in [2.24, 2.45) is 0 Å². The molecule has 0 unspecified atom stereocenters. The van der Waals surface area contributed by atoms with Crippen LogP contribution in [0.15, 0.2) is 48.5 Å². The number of rotatable bonds is 4. The van der Waals surface area contributed by atoms with E-state index >= 15 is 0 Å². The van der Waals surface area contributed by atoms with Crippen molar-refractivity contribution in [2.45, 2.75) is 19.9 Å². The lowest BCUT2D eigenvalue weighted by molar-refractivity contribution is -0.129. The van der Waals surface area contributed by atoms with Crippen molar-refractivity contribution in [3.63, 3.8) is 0 Å². The number of anilines is 1. The van der Waals surface area contributed by atoms with E-state index in [9.17, 15) is 4.79 Å². The molecule has 20 heavy (non-hydrogen) atoms. The zero-order valence-corrected chi connectivity index (χ0v) is 12.0. The van der Waals surface area contributed by atoms with E-state index in [1.165, 1.54) is 5.56 Å². The summed E-state index contributed by atoms with van der Waals surface area (Å²) in [5.74, 6) is 0.107. The lowest BCUT2D eigenvalue weighted by Crippen LogP contribution is -2.27. The number of hydrogen-bond acceptors (Lipinski definition) is 2. The third-order valence-corrected chi connectivity index (χ3v) is 3.30. The van der Waals surface area contributed by atoms with Gasteiger partial charge in [0.05, 0.1) is 6.42 Å². The highest BCUT2D eigenvalue weighted by Gasteiger charge is 2.10. The van der Waals surface area contributed by atoms with Gasteiger partial charge in [-0.1, -0.05) is 42.0 Å². The molecule has 0 aliphatic carbocycles. The minimum absolute atomic E-state index is 0.107. The van der Waals surface area contributed by atoms with Gasteiger partial charge in [0.1, 0.15) is 0 Å². The maximum atomic E-state index is 12.2. The minimum Gasteiger partial charge on any atom is -0.399 e. The number of amides is 1. The van der Waals surface area contributed by atoms with E-state index in [0.29, 0.717) is 18.7 Å². The molecule has 0 aromatic heterocycles. The minimum atomic E-state index is 0.107. The molecule has 2 aromatic carbocycles. The summed E-state index contributed by atoms with van der Waals surface area (Å²) in [6.45, 7) is 2.69. The number of hydrogen-bond donors (Lipinski definition) is 1. The Morgan fingerprint density at radius 2 is 1.55 bits per heavy atom. The first-order valence-electron chi connectivity index (χ1n) is 6.68. The summed E-state index contributed by atoms with van der Waals surface area (Å²) in [4.78, 5) is 13.9. The van der Waals surface area contributed by atoms with Gasteiger partial charge in [0.25, 0.3) is 0 Å². The Hall–Kier alpha value is -2.29. The number of carbonyl (C=O) groups excluding carboxylic acids is 1. The van der Waals surface area contributed by atoms with Gasteiger partial charge in [0.2, 0.25) is 5.91 Å². The van der Waals surface area contributed by atoms with Crippen molar-refractivity contribution in [1.82, 2.24) is 4.90 Å². The number of carbonyl (C=O) groups is 1. The molecular weight excluding hydrogens is 248 g/mol. The highest BCUT2D eigenvalue weighted by molar-refractivity contribution is 5.78. The van der Waals surface area contributed by atoms with Crippen LogP contribution in [0.1, 0.15) is 16.7 Å². The number of likely N-dealkylation sites (N-methyl/N-ethyl adjacent to an activating group) is 1. The lowest BCUT2D eigenvalue weighted by atomic mass is 10.1. The molecule has 0 atom stereocenters. The van der Waals surface area contributed by atoms with E-state index in [0.717, 1.165) is 11.1 Å². The van der Waals surface area contributed by atoms with Crippen LogP contribution in [-0.4, -0.2) is 17.9 Å². The SMILES string of the molecule is Cc1ccc(CN(C)C(=O)Cc2ccc(N)cc2)cc1. The van der Waals surface area contributed by atoms with Crippen LogP contribution in [0.25, 0.3) is 0 Å². The molecule has 0 fully saturated rings. The molecule has 0 aliphatic heterocycles. The van der Waals surface area contributed by atoms with E-state index in [1.807, 2.05) is 31.3 Å². The van der Waals surface area contributed by atoms with Gasteiger partial charge in [-0.3, -0.25) is 4.79 Å². The molecule has 0 spiro atoms. The standard InChI is InChI=1S/C17H20N2O/c1-13-3-5-15(6-4-13)12-19(2)17(20)11-14-7-9-16(18)10-8-14/h3-10H,11-12,18H2,1-2H3. The molecule has 2 aromatic rings. The van der Waals surface area contributed by atoms with Crippen molar-refractivity contribution in [3.8, 4) is 0 Å². The molecule has 1 amide bonds. The van der Waals surface area contributed by atoms with E-state index in [-0.39, 0.29) is 5.91 Å². The number of nitrogen functional groups attached to an aromatic ring is 1. The third-order valence-electron chi connectivity index (χ3n) is 3.30. The van der Waals surface area contributed by atoms with E-state index in [2.05, 4.69) is 31.2 Å². The predicted octanol–water partition coefficient (Wildman–Crippen LogP) is 2.78. The van der Waals surface area contributed by atoms with E-state index in [1.54, 1.807) is 4.90 Å². The van der Waals surface area contributed by atoms with Gasteiger partial charge in [-0.25, -0.2) is 0 Å². The van der Waals surface area contributed by atoms with Gasteiger partial charge >= 0.3 is 0 Å². The second kappa shape index (κ2) is 6.24. The fraction of sp³-hybridized carbons (Fsp3) is 0.235. The molecule has 0 saturated carbocycles. The van der Waals surface area contributed by atoms with Gasteiger partial charge in [0.15, 0.2) is 0 Å². The Bertz CT molecular complexity index is 573. The van der Waals surface area contributed by atoms with Gasteiger partial charge in [-0.05, 0) is 30.2 Å². The first-order valence-corrected chi connectivity index (χ1v) is 6.68. The summed E-state index contributed by atoms with van der Waals surface area (Å²) in [6, 6.07) is 15.7. The van der Waals surface area contributed by atoms with Crippen molar-refractivity contribution >= 4 is 11.6 Å². The molecule has 0 saturated heterocycles. The molecule has 0 heterocycles. The van der Waals surface area contributed by atoms with Gasteiger partial charge in [0, 0.05) is 19.3 Å². The number of aryl methyl sites for hydroxylation is 1. The predicted molar refractivity (Wildman–Crippen MR) is 82.2 cm³/mol. The smallest absolute Gasteiger partial charge is 0.227 e. The molecule has 0 aliphatic rings. The Labute approximate surface area is 120 Å². The normalized spacial score (nSPS) is 10.3.